The first-order valence-electron chi connectivity index (χ1n) is 3.96. The fraction of sp³-hybridized carbons (Fsp3) is 0.100. The van der Waals surface area contributed by atoms with Gasteiger partial charge in [0, 0.05) is 11.6 Å². The van der Waals surface area contributed by atoms with Crippen molar-refractivity contribution in [3.63, 3.8) is 0 Å². The van der Waals surface area contributed by atoms with Crippen LogP contribution in [0.2, 0.25) is 0 Å². The minimum atomic E-state index is -3.63. The van der Waals surface area contributed by atoms with Crippen LogP contribution >= 0.6 is 0 Å². The highest BCUT2D eigenvalue weighted by Gasteiger charge is 2.43. The number of hydrogen-bond donors (Lipinski definition) is 0. The molecule has 0 amide bonds. The van der Waals surface area contributed by atoms with E-state index >= 15 is 0 Å². The average molecular weight is 210 g/mol. The quantitative estimate of drug-likeness (QED) is 0.481. The minimum absolute atomic E-state index is 0.0448. The van der Waals surface area contributed by atoms with E-state index in [4.69, 9.17) is 0 Å². The van der Waals surface area contributed by atoms with Crippen molar-refractivity contribution in [3.8, 4) is 23.3 Å². The Hall–Kier alpha value is -2.09. The smallest absolute Gasteiger partial charge is 0.395 e. The highest BCUT2D eigenvalue weighted by molar-refractivity contribution is 5.74. The van der Waals surface area contributed by atoms with Gasteiger partial charge in [0.05, 0.1) is 0 Å². The van der Waals surface area contributed by atoms with Crippen LogP contribution in [0.1, 0.15) is 5.56 Å². The minimum Gasteiger partial charge on any atom is -0.395 e. The predicted molar refractivity (Wildman–Crippen MR) is 45.6 cm³/mol. The van der Waals surface area contributed by atoms with Gasteiger partial charge in [-0.1, -0.05) is 5.92 Å². The molecule has 0 saturated carbocycles. The molecule has 5 heteroatoms. The lowest BCUT2D eigenvalue weighted by Gasteiger charge is -2.04. The summed E-state index contributed by atoms with van der Waals surface area (Å²) in [7, 11) is 0. The van der Waals surface area contributed by atoms with Gasteiger partial charge in [-0.25, -0.2) is 0 Å². The SMILES string of the molecule is O=CC#Cc1ccc2c(c1)OC(F)(F)O2. The first-order valence-corrected chi connectivity index (χ1v) is 3.96. The molecule has 15 heavy (non-hydrogen) atoms. The molecule has 3 nitrogen and oxygen atoms in total. The number of rotatable bonds is 0. The molecule has 0 radical (unpaired) electrons. The Balaban J connectivity index is 2.34. The largest absolute Gasteiger partial charge is 0.586 e. The highest BCUT2D eigenvalue weighted by atomic mass is 19.3. The summed E-state index contributed by atoms with van der Waals surface area (Å²) in [4.78, 5) is 9.97. The van der Waals surface area contributed by atoms with Gasteiger partial charge < -0.3 is 9.47 Å². The number of carbonyl (C=O) groups excluding carboxylic acids is 1. The third-order valence-corrected chi connectivity index (χ3v) is 1.68. The molecule has 1 heterocycles. The summed E-state index contributed by atoms with van der Waals surface area (Å²) in [5, 5.41) is 0. The number of ether oxygens (including phenoxy) is 2. The van der Waals surface area contributed by atoms with Crippen molar-refractivity contribution in [2.24, 2.45) is 0 Å². The number of alkyl halides is 2. The third-order valence-electron chi connectivity index (χ3n) is 1.68. The van der Waals surface area contributed by atoms with E-state index in [1.54, 1.807) is 0 Å². The van der Waals surface area contributed by atoms with Crippen molar-refractivity contribution in [2.45, 2.75) is 6.29 Å². The Morgan fingerprint density at radius 2 is 2.00 bits per heavy atom. The first kappa shape index (κ1) is 9.46. The third kappa shape index (κ3) is 1.89. The summed E-state index contributed by atoms with van der Waals surface area (Å²) in [5.41, 5.74) is 0.405. The second-order valence-corrected chi connectivity index (χ2v) is 2.72. The maximum Gasteiger partial charge on any atom is 0.586 e. The molecule has 0 N–H and O–H groups in total. The normalized spacial score (nSPS) is 15.3. The van der Waals surface area contributed by atoms with Crippen molar-refractivity contribution in [1.82, 2.24) is 0 Å². The lowest BCUT2D eigenvalue weighted by atomic mass is 10.2. The van der Waals surface area contributed by atoms with Crippen LogP contribution in [0.5, 0.6) is 11.5 Å². The van der Waals surface area contributed by atoms with Crippen molar-refractivity contribution >= 4 is 6.29 Å². The molecule has 0 saturated heterocycles. The lowest BCUT2D eigenvalue weighted by Crippen LogP contribution is -2.25. The van der Waals surface area contributed by atoms with Gasteiger partial charge in [0.2, 0.25) is 0 Å². The molecular formula is C10H4F2O3. The molecule has 0 aromatic heterocycles. The summed E-state index contributed by atoms with van der Waals surface area (Å²) in [5.74, 6) is 4.48. The lowest BCUT2D eigenvalue weighted by molar-refractivity contribution is -0.286. The number of aldehydes is 1. The van der Waals surface area contributed by atoms with E-state index in [1.807, 2.05) is 0 Å². The van der Waals surface area contributed by atoms with Crippen molar-refractivity contribution in [2.75, 3.05) is 0 Å². The Bertz CT molecular complexity index is 471. The van der Waals surface area contributed by atoms with E-state index in [1.165, 1.54) is 18.2 Å². The fourth-order valence-electron chi connectivity index (χ4n) is 1.14. The van der Waals surface area contributed by atoms with E-state index in [9.17, 15) is 13.6 Å². The molecule has 0 spiro atoms. The first-order chi connectivity index (χ1) is 7.11. The summed E-state index contributed by atoms with van der Waals surface area (Å²) >= 11 is 0. The molecule has 0 aliphatic carbocycles. The van der Waals surface area contributed by atoms with E-state index in [0.717, 1.165) is 0 Å². The van der Waals surface area contributed by atoms with Crippen LogP contribution in [0.4, 0.5) is 8.78 Å². The number of carbonyl (C=O) groups is 1. The van der Waals surface area contributed by atoms with Crippen molar-refractivity contribution < 1.29 is 23.0 Å². The molecule has 1 aromatic rings. The van der Waals surface area contributed by atoms with Gasteiger partial charge in [-0.2, -0.15) is 0 Å². The van der Waals surface area contributed by atoms with Gasteiger partial charge in [-0.05, 0) is 18.1 Å². The maximum atomic E-state index is 12.6. The van der Waals surface area contributed by atoms with Gasteiger partial charge in [0.1, 0.15) is 0 Å². The number of fused-ring (bicyclic) bond motifs is 1. The zero-order valence-electron chi connectivity index (χ0n) is 7.29. The van der Waals surface area contributed by atoms with Gasteiger partial charge in [-0.3, -0.25) is 4.79 Å². The molecular weight excluding hydrogens is 206 g/mol. The maximum absolute atomic E-state index is 12.6. The van der Waals surface area contributed by atoms with Crippen LogP contribution in [0, 0.1) is 11.8 Å². The summed E-state index contributed by atoms with van der Waals surface area (Å²) < 4.78 is 33.6. The standard InChI is InChI=1S/C10H4F2O3/c11-10(12)14-8-4-3-7(2-1-5-13)6-9(8)15-10/h3-6H. The molecule has 1 aliphatic rings. The summed E-state index contributed by atoms with van der Waals surface area (Å²) in [6.07, 6.45) is -3.21. The topological polar surface area (TPSA) is 35.5 Å². The van der Waals surface area contributed by atoms with E-state index < -0.39 is 6.29 Å². The number of hydrogen-bond acceptors (Lipinski definition) is 3. The molecule has 0 fully saturated rings. The Morgan fingerprint density at radius 1 is 1.27 bits per heavy atom. The molecule has 76 valence electrons. The molecule has 2 rings (SSSR count). The van der Waals surface area contributed by atoms with Gasteiger partial charge in [0.15, 0.2) is 17.8 Å². The number of halogens is 2. The van der Waals surface area contributed by atoms with E-state index in [0.29, 0.717) is 11.8 Å². The van der Waals surface area contributed by atoms with Gasteiger partial charge in [0.25, 0.3) is 0 Å². The van der Waals surface area contributed by atoms with Crippen molar-refractivity contribution in [1.29, 1.82) is 0 Å². The summed E-state index contributed by atoms with van der Waals surface area (Å²) in [6, 6.07) is 4.05. The molecule has 0 bridgehead atoms. The zero-order valence-corrected chi connectivity index (χ0v) is 7.29. The second-order valence-electron chi connectivity index (χ2n) is 2.72. The molecule has 1 aliphatic heterocycles. The van der Waals surface area contributed by atoms with Gasteiger partial charge in [-0.15, -0.1) is 8.78 Å². The van der Waals surface area contributed by atoms with Crippen molar-refractivity contribution in [3.05, 3.63) is 23.8 Å². The van der Waals surface area contributed by atoms with E-state index in [2.05, 4.69) is 21.3 Å². The van der Waals surface area contributed by atoms with Crippen LogP contribution in [-0.2, 0) is 4.79 Å². The average Bonchev–Trinajstić information content (AvgIpc) is 2.47. The molecule has 0 atom stereocenters. The van der Waals surface area contributed by atoms with Crippen LogP contribution in [-0.4, -0.2) is 12.6 Å². The van der Waals surface area contributed by atoms with Crippen LogP contribution in [0.15, 0.2) is 18.2 Å². The Labute approximate surface area is 83.6 Å². The second kappa shape index (κ2) is 3.24. The van der Waals surface area contributed by atoms with Crippen LogP contribution < -0.4 is 9.47 Å². The van der Waals surface area contributed by atoms with Gasteiger partial charge >= 0.3 is 6.29 Å². The van der Waals surface area contributed by atoms with Crippen LogP contribution in [0.3, 0.4) is 0 Å². The fourth-order valence-corrected chi connectivity index (χ4v) is 1.14. The number of benzene rings is 1. The predicted octanol–water partition coefficient (Wildman–Crippen LogP) is 1.56. The Kier molecular flexibility index (Phi) is 2.05. The molecule has 1 aromatic carbocycles. The zero-order chi connectivity index (χ0) is 10.9. The highest BCUT2D eigenvalue weighted by Crippen LogP contribution is 2.40. The molecule has 0 unspecified atom stereocenters. The summed E-state index contributed by atoms with van der Waals surface area (Å²) in [6.45, 7) is 0. The Morgan fingerprint density at radius 3 is 2.73 bits per heavy atom. The van der Waals surface area contributed by atoms with E-state index in [-0.39, 0.29) is 11.5 Å². The van der Waals surface area contributed by atoms with Crippen LogP contribution in [0.25, 0.3) is 0 Å². The monoisotopic (exact) mass is 210 g/mol.